The van der Waals surface area contributed by atoms with Crippen molar-refractivity contribution in [3.63, 3.8) is 0 Å². The number of rotatable bonds is 8. The Hall–Kier alpha value is 0.197. The van der Waals surface area contributed by atoms with Crippen LogP contribution >= 0.6 is 36.8 Å². The summed E-state index contributed by atoms with van der Waals surface area (Å²) in [7, 11) is -10.4. The summed E-state index contributed by atoms with van der Waals surface area (Å²) in [6.45, 7) is 4.87. The molecule has 1 aliphatic heterocycles. The van der Waals surface area contributed by atoms with Crippen LogP contribution in [0.25, 0.3) is 0 Å². The van der Waals surface area contributed by atoms with Gasteiger partial charge in [0.15, 0.2) is 8.32 Å². The first-order valence-electron chi connectivity index (χ1n) is 8.51. The Labute approximate surface area is 173 Å². The summed E-state index contributed by atoms with van der Waals surface area (Å²) in [5.41, 5.74) is 0.958. The molecule has 1 unspecified atom stereocenters. The highest BCUT2D eigenvalue weighted by atomic mass is 33.1. The molecule has 1 aromatic carbocycles. The van der Waals surface area contributed by atoms with E-state index in [4.69, 9.17) is 9.16 Å². The van der Waals surface area contributed by atoms with Gasteiger partial charge in [0.1, 0.15) is 11.9 Å². The van der Waals surface area contributed by atoms with Crippen LogP contribution in [0, 0.1) is 0 Å². The lowest BCUT2D eigenvalue weighted by molar-refractivity contribution is 0.0739. The van der Waals surface area contributed by atoms with Gasteiger partial charge in [0.2, 0.25) is 0 Å². The molecule has 0 fully saturated rings. The van der Waals surface area contributed by atoms with E-state index in [1.807, 2.05) is 24.5 Å². The zero-order chi connectivity index (χ0) is 21.4. The van der Waals surface area contributed by atoms with Crippen molar-refractivity contribution in [3.8, 4) is 5.75 Å². The lowest BCUT2D eigenvalue weighted by Gasteiger charge is -2.41. The van der Waals surface area contributed by atoms with Gasteiger partial charge in [-0.1, -0.05) is 33.7 Å². The minimum atomic E-state index is -5.34. The highest BCUT2D eigenvalue weighted by Crippen LogP contribution is 2.72. The SMILES string of the molecule is CSSc1cccc2c1OC(CC(O[Si](C)(C)C)(P(=O)(O)O)P(=O)(O)O)CC2. The summed E-state index contributed by atoms with van der Waals surface area (Å²) in [6.07, 6.45) is 1.47. The number of hydrogen-bond acceptors (Lipinski definition) is 6. The van der Waals surface area contributed by atoms with Gasteiger partial charge < -0.3 is 28.7 Å². The number of hydrogen-bond donors (Lipinski definition) is 4. The third-order valence-corrected chi connectivity index (χ3v) is 11.1. The topological polar surface area (TPSA) is 134 Å². The predicted octanol–water partition coefficient (Wildman–Crippen LogP) is 4.00. The Bertz CT molecular complexity index is 782. The Morgan fingerprint density at radius 3 is 2.32 bits per heavy atom. The summed E-state index contributed by atoms with van der Waals surface area (Å²) in [6, 6.07) is 5.69. The quantitative estimate of drug-likeness (QED) is 0.242. The van der Waals surface area contributed by atoms with E-state index in [1.165, 1.54) is 21.6 Å². The summed E-state index contributed by atoms with van der Waals surface area (Å²) < 4.78 is 36.1. The molecule has 0 aliphatic carbocycles. The Morgan fingerprint density at radius 1 is 1.21 bits per heavy atom. The fraction of sp³-hybridized carbons (Fsp3) is 0.600. The second kappa shape index (κ2) is 8.75. The third kappa shape index (κ3) is 5.46. The standard InChI is InChI=1S/C15H26O8P2S2Si/c1-26-27-13-7-5-6-11-8-9-12(22-14(11)13)10-15(24(16,17)18,25(19,20)21)23-28(2,3)4/h5-7,12H,8-10H2,1-4H3,(H2,16,17,18)(H2,19,20,21). The molecule has 4 N–H and O–H groups in total. The molecule has 0 radical (unpaired) electrons. The van der Waals surface area contributed by atoms with Gasteiger partial charge in [0.05, 0.1) is 4.90 Å². The smallest absolute Gasteiger partial charge is 0.368 e. The molecular weight excluding hydrogens is 462 g/mol. The van der Waals surface area contributed by atoms with Gasteiger partial charge in [-0.25, -0.2) is 0 Å². The minimum absolute atomic E-state index is 0.372. The van der Waals surface area contributed by atoms with Gasteiger partial charge >= 0.3 is 15.2 Å². The molecule has 1 aliphatic rings. The Balaban J connectivity index is 2.44. The van der Waals surface area contributed by atoms with Crippen molar-refractivity contribution in [2.24, 2.45) is 0 Å². The first kappa shape index (κ1) is 24.5. The maximum Gasteiger partial charge on any atom is 0.368 e. The lowest BCUT2D eigenvalue weighted by atomic mass is 10.0. The molecule has 0 bridgehead atoms. The molecule has 1 aromatic rings. The van der Waals surface area contributed by atoms with E-state index in [0.29, 0.717) is 18.6 Å². The van der Waals surface area contributed by atoms with Crippen molar-refractivity contribution < 1.29 is 37.9 Å². The van der Waals surface area contributed by atoms with E-state index in [2.05, 4.69) is 0 Å². The molecule has 13 heteroatoms. The van der Waals surface area contributed by atoms with Gasteiger partial charge in [-0.05, 0) is 50.4 Å². The highest BCUT2D eigenvalue weighted by molar-refractivity contribution is 8.76. The van der Waals surface area contributed by atoms with Gasteiger partial charge in [0.25, 0.3) is 5.08 Å². The summed E-state index contributed by atoms with van der Waals surface area (Å²) in [5, 5.41) is -2.91. The fourth-order valence-electron chi connectivity index (χ4n) is 3.09. The molecule has 0 amide bonds. The van der Waals surface area contributed by atoms with Crippen LogP contribution < -0.4 is 4.74 Å². The van der Waals surface area contributed by atoms with Gasteiger partial charge in [-0.2, -0.15) is 0 Å². The fourth-order valence-corrected chi connectivity index (χ4v) is 10.5. The molecule has 1 atom stereocenters. The average Bonchev–Trinajstić information content (AvgIpc) is 2.51. The number of para-hydroxylation sites is 1. The van der Waals surface area contributed by atoms with Crippen LogP contribution in [-0.2, 0) is 20.0 Å². The minimum Gasteiger partial charge on any atom is -0.489 e. The van der Waals surface area contributed by atoms with Crippen molar-refractivity contribution >= 4 is 45.1 Å². The number of ether oxygens (including phenoxy) is 1. The van der Waals surface area contributed by atoms with Crippen molar-refractivity contribution in [1.29, 1.82) is 0 Å². The van der Waals surface area contributed by atoms with Crippen molar-refractivity contribution in [3.05, 3.63) is 23.8 Å². The molecule has 2 rings (SSSR count). The highest BCUT2D eigenvalue weighted by Gasteiger charge is 2.64. The molecule has 1 heterocycles. The first-order chi connectivity index (χ1) is 12.7. The second-order valence-electron chi connectivity index (χ2n) is 7.52. The van der Waals surface area contributed by atoms with Crippen molar-refractivity contribution in [1.82, 2.24) is 0 Å². The van der Waals surface area contributed by atoms with E-state index < -0.39 is 41.1 Å². The number of benzene rings is 1. The van der Waals surface area contributed by atoms with Crippen LogP contribution in [-0.4, -0.2) is 45.3 Å². The van der Waals surface area contributed by atoms with Crippen LogP contribution in [0.4, 0.5) is 0 Å². The molecule has 0 spiro atoms. The largest absolute Gasteiger partial charge is 0.489 e. The maximum atomic E-state index is 12.3. The van der Waals surface area contributed by atoms with Crippen molar-refractivity contribution in [2.75, 3.05) is 6.26 Å². The summed E-state index contributed by atoms with van der Waals surface area (Å²) >= 11 is 0. The summed E-state index contributed by atoms with van der Waals surface area (Å²) in [4.78, 5) is 40.6. The predicted molar refractivity (Wildman–Crippen MR) is 114 cm³/mol. The molecule has 0 saturated carbocycles. The van der Waals surface area contributed by atoms with E-state index in [0.717, 1.165) is 10.5 Å². The van der Waals surface area contributed by atoms with Crippen LogP contribution in [0.1, 0.15) is 18.4 Å². The lowest BCUT2D eigenvalue weighted by Crippen LogP contribution is -2.46. The van der Waals surface area contributed by atoms with Crippen molar-refractivity contribution in [2.45, 2.75) is 55.0 Å². The normalized spacial score (nSPS) is 18.5. The monoisotopic (exact) mass is 488 g/mol. The molecular formula is C15H26O8P2S2Si. The van der Waals surface area contributed by atoms with Crippen LogP contribution in [0.2, 0.25) is 19.6 Å². The first-order valence-corrected chi connectivity index (χ1v) is 17.7. The van der Waals surface area contributed by atoms with Gasteiger partial charge in [-0.3, -0.25) is 9.13 Å². The number of fused-ring (bicyclic) bond motifs is 1. The van der Waals surface area contributed by atoms with Crippen LogP contribution in [0.3, 0.4) is 0 Å². The maximum absolute atomic E-state index is 12.3. The molecule has 8 nitrogen and oxygen atoms in total. The Kier molecular flexibility index (Phi) is 7.64. The van der Waals surface area contributed by atoms with Gasteiger partial charge in [0, 0.05) is 6.42 Å². The van der Waals surface area contributed by atoms with E-state index in [1.54, 1.807) is 19.6 Å². The van der Waals surface area contributed by atoms with E-state index in [-0.39, 0.29) is 0 Å². The van der Waals surface area contributed by atoms with Crippen LogP contribution in [0.5, 0.6) is 5.75 Å². The summed E-state index contributed by atoms with van der Waals surface area (Å²) in [5.74, 6) is 0.594. The molecule has 0 aromatic heterocycles. The average molecular weight is 489 g/mol. The van der Waals surface area contributed by atoms with E-state index >= 15 is 0 Å². The second-order valence-corrected chi connectivity index (χ2v) is 18.4. The third-order valence-electron chi connectivity index (χ3n) is 4.13. The molecule has 160 valence electrons. The molecule has 0 saturated heterocycles. The Morgan fingerprint density at radius 2 is 1.82 bits per heavy atom. The zero-order valence-electron chi connectivity index (χ0n) is 16.1. The van der Waals surface area contributed by atoms with E-state index in [9.17, 15) is 28.7 Å². The van der Waals surface area contributed by atoms with Crippen LogP contribution in [0.15, 0.2) is 23.1 Å². The number of aryl methyl sites for hydroxylation is 1. The molecule has 28 heavy (non-hydrogen) atoms. The van der Waals surface area contributed by atoms with Gasteiger partial charge in [-0.15, -0.1) is 0 Å². The zero-order valence-corrected chi connectivity index (χ0v) is 20.5.